The molecule has 132 valence electrons. The highest BCUT2D eigenvalue weighted by Crippen LogP contribution is 2.31. The van der Waals surface area contributed by atoms with Crippen molar-refractivity contribution in [1.29, 1.82) is 0 Å². The van der Waals surface area contributed by atoms with Crippen LogP contribution in [0, 0.1) is 16.0 Å². The first-order chi connectivity index (χ1) is 12.0. The Kier molecular flexibility index (Phi) is 4.78. The maximum absolute atomic E-state index is 12.7. The summed E-state index contributed by atoms with van der Waals surface area (Å²) in [6.45, 7) is 1.62. The summed E-state index contributed by atoms with van der Waals surface area (Å²) < 4.78 is 5.59. The number of amides is 2. The summed E-state index contributed by atoms with van der Waals surface area (Å²) in [5, 5.41) is 13.5. The number of hydrogen-bond donors (Lipinski definition) is 1. The second kappa shape index (κ2) is 7.00. The van der Waals surface area contributed by atoms with Gasteiger partial charge in [0.15, 0.2) is 0 Å². The molecule has 1 aromatic carbocycles. The molecule has 8 heteroatoms. The van der Waals surface area contributed by atoms with Gasteiger partial charge in [-0.15, -0.1) is 0 Å². The summed E-state index contributed by atoms with van der Waals surface area (Å²) in [5.41, 5.74) is 0.929. The molecule has 1 aliphatic heterocycles. The largest absolute Gasteiger partial charge is 0.462 e. The summed E-state index contributed by atoms with van der Waals surface area (Å²) in [6, 6.07) is 4.59. The van der Waals surface area contributed by atoms with Crippen LogP contribution in [0.4, 0.5) is 10.5 Å². The normalized spacial score (nSPS) is 23.7. The third-order valence-electron chi connectivity index (χ3n) is 4.64. The zero-order valence-corrected chi connectivity index (χ0v) is 13.8. The number of benzene rings is 1. The van der Waals surface area contributed by atoms with Crippen molar-refractivity contribution >= 4 is 23.4 Å². The Balaban J connectivity index is 1.86. The van der Waals surface area contributed by atoms with Crippen LogP contribution in [0.25, 0.3) is 0 Å². The van der Waals surface area contributed by atoms with Crippen LogP contribution in [-0.2, 0) is 9.53 Å². The van der Waals surface area contributed by atoms with Gasteiger partial charge in [-0.2, -0.15) is 0 Å². The zero-order chi connectivity index (χ0) is 18.0. The van der Waals surface area contributed by atoms with Crippen LogP contribution in [0.3, 0.4) is 0 Å². The number of ether oxygens (including phenoxy) is 1. The van der Waals surface area contributed by atoms with Crippen molar-refractivity contribution in [3.63, 3.8) is 0 Å². The lowest BCUT2D eigenvalue weighted by Gasteiger charge is -2.30. The van der Waals surface area contributed by atoms with Crippen molar-refractivity contribution in [2.24, 2.45) is 10.9 Å². The molecule has 1 heterocycles. The number of non-ortho nitro benzene ring substituents is 1. The Hall–Kier alpha value is -2.77. The summed E-state index contributed by atoms with van der Waals surface area (Å²) >= 11 is 0. The molecule has 2 atom stereocenters. The van der Waals surface area contributed by atoms with E-state index in [2.05, 4.69) is 10.3 Å². The van der Waals surface area contributed by atoms with E-state index in [0.717, 1.165) is 25.7 Å². The number of carbonyl (C=O) groups excluding carboxylic acids is 2. The molecule has 1 fully saturated rings. The average Bonchev–Trinajstić information content (AvgIpc) is 3.07. The van der Waals surface area contributed by atoms with Gasteiger partial charge in [-0.3, -0.25) is 14.9 Å². The van der Waals surface area contributed by atoms with Crippen molar-refractivity contribution in [2.75, 3.05) is 0 Å². The molecule has 0 aromatic heterocycles. The lowest BCUT2D eigenvalue weighted by molar-refractivity contribution is -0.384. The SMILES string of the molecule is CC1=NC(=O)N[C@H](c2ccc([N+](=O)[O-])cc2)C1C(=O)OC1CCCC1. The van der Waals surface area contributed by atoms with Gasteiger partial charge in [0.25, 0.3) is 5.69 Å². The van der Waals surface area contributed by atoms with Crippen molar-refractivity contribution in [3.05, 3.63) is 39.9 Å². The molecule has 2 aliphatic rings. The van der Waals surface area contributed by atoms with E-state index < -0.39 is 28.9 Å². The third kappa shape index (κ3) is 3.67. The maximum Gasteiger partial charge on any atom is 0.341 e. The summed E-state index contributed by atoms with van der Waals surface area (Å²) in [4.78, 5) is 38.6. The quantitative estimate of drug-likeness (QED) is 0.512. The summed E-state index contributed by atoms with van der Waals surface area (Å²) in [5.74, 6) is -1.16. The van der Waals surface area contributed by atoms with Gasteiger partial charge in [0.2, 0.25) is 0 Å². The number of carbonyl (C=O) groups is 2. The van der Waals surface area contributed by atoms with Gasteiger partial charge in [0.05, 0.1) is 11.0 Å². The predicted octanol–water partition coefficient (Wildman–Crippen LogP) is 2.92. The number of nitrogens with one attached hydrogen (secondary N) is 1. The van der Waals surface area contributed by atoms with E-state index in [1.807, 2.05) is 0 Å². The van der Waals surface area contributed by atoms with Gasteiger partial charge in [-0.1, -0.05) is 12.1 Å². The molecule has 25 heavy (non-hydrogen) atoms. The highest BCUT2D eigenvalue weighted by molar-refractivity contribution is 6.08. The molecular weight excluding hydrogens is 326 g/mol. The van der Waals surface area contributed by atoms with E-state index in [9.17, 15) is 19.7 Å². The van der Waals surface area contributed by atoms with Crippen molar-refractivity contribution in [1.82, 2.24) is 5.32 Å². The van der Waals surface area contributed by atoms with Gasteiger partial charge in [0.1, 0.15) is 12.0 Å². The topological polar surface area (TPSA) is 111 Å². The molecule has 1 unspecified atom stereocenters. The average molecular weight is 345 g/mol. The fraction of sp³-hybridized carbons (Fsp3) is 0.471. The lowest BCUT2D eigenvalue weighted by Crippen LogP contribution is -2.44. The van der Waals surface area contributed by atoms with Crippen LogP contribution in [0.1, 0.15) is 44.2 Å². The minimum Gasteiger partial charge on any atom is -0.462 e. The zero-order valence-electron chi connectivity index (χ0n) is 13.8. The van der Waals surface area contributed by atoms with Crippen LogP contribution in [-0.4, -0.2) is 28.7 Å². The Morgan fingerprint density at radius 2 is 1.92 bits per heavy atom. The van der Waals surface area contributed by atoms with E-state index in [1.54, 1.807) is 6.92 Å². The minimum absolute atomic E-state index is 0.0543. The molecule has 2 amide bonds. The Morgan fingerprint density at radius 3 is 2.52 bits per heavy atom. The third-order valence-corrected chi connectivity index (χ3v) is 4.64. The second-order valence-electron chi connectivity index (χ2n) is 6.35. The van der Waals surface area contributed by atoms with Crippen molar-refractivity contribution in [2.45, 2.75) is 44.8 Å². The number of hydrogen-bond acceptors (Lipinski definition) is 5. The van der Waals surface area contributed by atoms with Gasteiger partial charge >= 0.3 is 12.0 Å². The van der Waals surface area contributed by atoms with E-state index >= 15 is 0 Å². The number of nitro groups is 1. The maximum atomic E-state index is 12.7. The summed E-state index contributed by atoms with van der Waals surface area (Å²) in [6.07, 6.45) is 3.69. The van der Waals surface area contributed by atoms with E-state index in [1.165, 1.54) is 24.3 Å². The fourth-order valence-corrected chi connectivity index (χ4v) is 3.35. The fourth-order valence-electron chi connectivity index (χ4n) is 3.35. The number of esters is 1. The molecular formula is C17H19N3O5. The Morgan fingerprint density at radius 1 is 1.28 bits per heavy atom. The van der Waals surface area contributed by atoms with Gasteiger partial charge in [-0.05, 0) is 38.2 Å². The molecule has 8 nitrogen and oxygen atoms in total. The Bertz CT molecular complexity index is 722. The Labute approximate surface area is 144 Å². The standard InChI is InChI=1S/C17H19N3O5/c1-10-14(16(21)25-13-4-2-3-5-13)15(19-17(22)18-10)11-6-8-12(9-7-11)20(23)24/h6-9,13-15H,2-5H2,1H3,(H,19,22)/t14?,15-/m1/s1. The molecule has 0 radical (unpaired) electrons. The van der Waals surface area contributed by atoms with Crippen LogP contribution in [0.5, 0.6) is 0 Å². The molecule has 1 saturated carbocycles. The molecule has 0 saturated heterocycles. The highest BCUT2D eigenvalue weighted by atomic mass is 16.6. The van der Waals surface area contributed by atoms with Crippen LogP contribution >= 0.6 is 0 Å². The van der Waals surface area contributed by atoms with Gasteiger partial charge in [0, 0.05) is 17.8 Å². The van der Waals surface area contributed by atoms with Gasteiger partial charge < -0.3 is 10.1 Å². The van der Waals surface area contributed by atoms with E-state index in [0.29, 0.717) is 11.3 Å². The predicted molar refractivity (Wildman–Crippen MR) is 89.3 cm³/mol. The van der Waals surface area contributed by atoms with Crippen molar-refractivity contribution in [3.8, 4) is 0 Å². The summed E-state index contributed by atoms with van der Waals surface area (Å²) in [7, 11) is 0. The molecule has 0 bridgehead atoms. The van der Waals surface area contributed by atoms with Crippen LogP contribution in [0.15, 0.2) is 29.3 Å². The van der Waals surface area contributed by atoms with Crippen LogP contribution in [0.2, 0.25) is 0 Å². The van der Waals surface area contributed by atoms with Crippen molar-refractivity contribution < 1.29 is 19.2 Å². The molecule has 1 N–H and O–H groups in total. The molecule has 1 aliphatic carbocycles. The first kappa shape index (κ1) is 17.1. The minimum atomic E-state index is -0.736. The van der Waals surface area contributed by atoms with Gasteiger partial charge in [-0.25, -0.2) is 9.79 Å². The number of aliphatic imine (C=N–C) groups is 1. The monoisotopic (exact) mass is 345 g/mol. The number of nitrogens with zero attached hydrogens (tertiary/aromatic N) is 2. The van der Waals surface area contributed by atoms with E-state index in [4.69, 9.17) is 4.74 Å². The molecule has 1 aromatic rings. The molecule has 3 rings (SSSR count). The highest BCUT2D eigenvalue weighted by Gasteiger charge is 2.39. The number of rotatable bonds is 4. The lowest BCUT2D eigenvalue weighted by atomic mass is 9.88. The smallest absolute Gasteiger partial charge is 0.341 e. The van der Waals surface area contributed by atoms with E-state index in [-0.39, 0.29) is 11.8 Å². The first-order valence-corrected chi connectivity index (χ1v) is 8.26. The first-order valence-electron chi connectivity index (χ1n) is 8.26. The number of nitro benzene ring substituents is 1. The molecule has 0 spiro atoms. The van der Waals surface area contributed by atoms with Crippen LogP contribution < -0.4 is 5.32 Å². The number of urea groups is 1. The second-order valence-corrected chi connectivity index (χ2v) is 6.35.